The summed E-state index contributed by atoms with van der Waals surface area (Å²) in [7, 11) is 0. The third-order valence-electron chi connectivity index (χ3n) is 3.43. The summed E-state index contributed by atoms with van der Waals surface area (Å²) >= 11 is 0. The van der Waals surface area contributed by atoms with Crippen LogP contribution in [0.1, 0.15) is 44.3 Å². The van der Waals surface area contributed by atoms with Gasteiger partial charge in [0.2, 0.25) is 0 Å². The molecule has 0 N–H and O–H groups in total. The molecule has 1 atom stereocenters. The van der Waals surface area contributed by atoms with Crippen LogP contribution in [0.25, 0.3) is 10.8 Å². The van der Waals surface area contributed by atoms with E-state index in [0.717, 1.165) is 18.4 Å². The zero-order valence-electron chi connectivity index (χ0n) is 11.3. The highest BCUT2D eigenvalue weighted by molar-refractivity contribution is 5.83. The Morgan fingerprint density at radius 3 is 2.63 bits per heavy atom. The van der Waals surface area contributed by atoms with E-state index in [9.17, 15) is 4.79 Å². The van der Waals surface area contributed by atoms with Gasteiger partial charge in [-0.1, -0.05) is 56.2 Å². The smallest absolute Gasteiger partial charge is 0.293 e. The largest absolute Gasteiger partial charge is 0.460 e. The van der Waals surface area contributed by atoms with E-state index in [0.29, 0.717) is 6.47 Å². The maximum atomic E-state index is 10.7. The van der Waals surface area contributed by atoms with E-state index >= 15 is 0 Å². The fourth-order valence-corrected chi connectivity index (χ4v) is 2.37. The lowest BCUT2D eigenvalue weighted by molar-refractivity contribution is -0.134. The highest BCUT2D eigenvalue weighted by atomic mass is 16.5. The van der Waals surface area contributed by atoms with Gasteiger partial charge in [0.1, 0.15) is 6.10 Å². The highest BCUT2D eigenvalue weighted by Crippen LogP contribution is 2.26. The molecule has 1 unspecified atom stereocenters. The number of carbonyl (C=O) groups excluding carboxylic acids is 1. The van der Waals surface area contributed by atoms with Gasteiger partial charge in [0.15, 0.2) is 0 Å². The monoisotopic (exact) mass is 256 g/mol. The van der Waals surface area contributed by atoms with Crippen LogP contribution >= 0.6 is 0 Å². The minimum absolute atomic E-state index is 0.117. The van der Waals surface area contributed by atoms with Gasteiger partial charge in [-0.3, -0.25) is 4.79 Å². The Hall–Kier alpha value is -1.83. The van der Waals surface area contributed by atoms with Gasteiger partial charge < -0.3 is 4.74 Å². The summed E-state index contributed by atoms with van der Waals surface area (Å²) in [4.78, 5) is 10.7. The lowest BCUT2D eigenvalue weighted by Crippen LogP contribution is -2.03. The van der Waals surface area contributed by atoms with Gasteiger partial charge in [-0.05, 0) is 35.2 Å². The van der Waals surface area contributed by atoms with Crippen molar-refractivity contribution in [3.8, 4) is 0 Å². The average Bonchev–Trinajstić information content (AvgIpc) is 2.46. The topological polar surface area (TPSA) is 26.3 Å². The van der Waals surface area contributed by atoms with Crippen LogP contribution in [-0.2, 0) is 9.53 Å². The molecule has 0 amide bonds. The van der Waals surface area contributed by atoms with E-state index in [1.165, 1.54) is 23.6 Å². The molecule has 0 aliphatic heterocycles. The third-order valence-corrected chi connectivity index (χ3v) is 3.43. The molecule has 2 nitrogen and oxygen atoms in total. The van der Waals surface area contributed by atoms with Gasteiger partial charge in [0.05, 0.1) is 0 Å². The summed E-state index contributed by atoms with van der Waals surface area (Å²) in [5.41, 5.74) is 1.09. The first-order valence-electron chi connectivity index (χ1n) is 6.93. The van der Waals surface area contributed by atoms with Crippen molar-refractivity contribution in [2.45, 2.75) is 38.7 Å². The van der Waals surface area contributed by atoms with Crippen LogP contribution in [0.4, 0.5) is 0 Å². The van der Waals surface area contributed by atoms with Crippen molar-refractivity contribution in [2.24, 2.45) is 0 Å². The van der Waals surface area contributed by atoms with Gasteiger partial charge in [-0.25, -0.2) is 0 Å². The molecule has 0 saturated carbocycles. The molecule has 2 heteroatoms. The molecule has 0 aliphatic rings. The van der Waals surface area contributed by atoms with Crippen LogP contribution in [0.2, 0.25) is 0 Å². The van der Waals surface area contributed by atoms with Gasteiger partial charge in [0, 0.05) is 0 Å². The summed E-state index contributed by atoms with van der Waals surface area (Å²) in [6.45, 7) is 2.73. The zero-order chi connectivity index (χ0) is 13.5. The van der Waals surface area contributed by atoms with Gasteiger partial charge in [0.25, 0.3) is 6.47 Å². The van der Waals surface area contributed by atoms with Crippen molar-refractivity contribution in [3.63, 3.8) is 0 Å². The predicted octanol–water partition coefficient (Wildman–Crippen LogP) is 4.63. The first-order valence-corrected chi connectivity index (χ1v) is 6.93. The van der Waals surface area contributed by atoms with Crippen LogP contribution < -0.4 is 0 Å². The molecule has 0 saturated heterocycles. The Kier molecular flexibility index (Phi) is 4.96. The second-order valence-electron chi connectivity index (χ2n) is 4.82. The normalized spacial score (nSPS) is 12.3. The second-order valence-corrected chi connectivity index (χ2v) is 4.82. The number of benzene rings is 2. The number of carbonyl (C=O) groups is 1. The molecule has 0 aromatic heterocycles. The van der Waals surface area contributed by atoms with Crippen molar-refractivity contribution >= 4 is 17.2 Å². The molecule has 2 aromatic rings. The summed E-state index contributed by atoms with van der Waals surface area (Å²) in [5.74, 6) is 0. The molecule has 0 radical (unpaired) electrons. The lowest BCUT2D eigenvalue weighted by atomic mass is 9.99. The van der Waals surface area contributed by atoms with Crippen molar-refractivity contribution in [1.82, 2.24) is 0 Å². The van der Waals surface area contributed by atoms with Crippen LogP contribution in [-0.4, -0.2) is 6.47 Å². The van der Waals surface area contributed by atoms with Gasteiger partial charge in [-0.2, -0.15) is 0 Å². The fourth-order valence-electron chi connectivity index (χ4n) is 2.37. The summed E-state index contributed by atoms with van der Waals surface area (Å²) in [6.07, 6.45) is 4.21. The van der Waals surface area contributed by atoms with Crippen molar-refractivity contribution in [1.29, 1.82) is 0 Å². The Morgan fingerprint density at radius 2 is 1.89 bits per heavy atom. The number of hydrogen-bond donors (Lipinski definition) is 0. The molecule has 0 spiro atoms. The molecular formula is C17H20O2. The molecule has 0 heterocycles. The van der Waals surface area contributed by atoms with Gasteiger partial charge in [-0.15, -0.1) is 0 Å². The van der Waals surface area contributed by atoms with Crippen molar-refractivity contribution < 1.29 is 9.53 Å². The quantitative estimate of drug-likeness (QED) is 0.533. The van der Waals surface area contributed by atoms with E-state index in [-0.39, 0.29) is 6.10 Å². The minimum Gasteiger partial charge on any atom is -0.460 e. The highest BCUT2D eigenvalue weighted by Gasteiger charge is 2.12. The third kappa shape index (κ3) is 3.57. The van der Waals surface area contributed by atoms with Gasteiger partial charge >= 0.3 is 0 Å². The molecule has 100 valence electrons. The first-order chi connectivity index (χ1) is 9.35. The second kappa shape index (κ2) is 6.93. The van der Waals surface area contributed by atoms with Crippen molar-refractivity contribution in [3.05, 3.63) is 48.0 Å². The molecule has 19 heavy (non-hydrogen) atoms. The average molecular weight is 256 g/mol. The predicted molar refractivity (Wildman–Crippen MR) is 78.0 cm³/mol. The van der Waals surface area contributed by atoms with Crippen LogP contribution in [0.15, 0.2) is 42.5 Å². The molecule has 2 rings (SSSR count). The Bertz CT molecular complexity index is 534. The first kappa shape index (κ1) is 13.6. The SMILES string of the molecule is CCCCCC(OC=O)c1ccc2ccccc2c1. The molecular weight excluding hydrogens is 236 g/mol. The van der Waals surface area contributed by atoms with Crippen LogP contribution in [0, 0.1) is 0 Å². The standard InChI is InChI=1S/C17H20O2/c1-2-3-4-9-17(19-13-18)16-11-10-14-7-5-6-8-15(14)12-16/h5-8,10-13,17H,2-4,9H2,1H3. The number of ether oxygens (including phenoxy) is 1. The maximum absolute atomic E-state index is 10.7. The summed E-state index contributed by atoms with van der Waals surface area (Å²) in [6, 6.07) is 14.5. The van der Waals surface area contributed by atoms with Crippen LogP contribution in [0.5, 0.6) is 0 Å². The minimum atomic E-state index is -0.117. The number of fused-ring (bicyclic) bond motifs is 1. The molecule has 2 aromatic carbocycles. The lowest BCUT2D eigenvalue weighted by Gasteiger charge is -2.16. The van der Waals surface area contributed by atoms with E-state index in [4.69, 9.17) is 4.74 Å². The number of hydrogen-bond acceptors (Lipinski definition) is 2. The molecule has 0 fully saturated rings. The Balaban J connectivity index is 2.20. The Labute approximate surface area is 114 Å². The van der Waals surface area contributed by atoms with Crippen molar-refractivity contribution in [2.75, 3.05) is 0 Å². The van der Waals surface area contributed by atoms with E-state index in [2.05, 4.69) is 37.3 Å². The van der Waals surface area contributed by atoms with E-state index in [1.54, 1.807) is 0 Å². The molecule has 0 aliphatic carbocycles. The number of unbranched alkanes of at least 4 members (excludes halogenated alkanes) is 2. The molecule has 0 bridgehead atoms. The van der Waals surface area contributed by atoms with E-state index in [1.807, 2.05) is 12.1 Å². The number of rotatable bonds is 7. The Morgan fingerprint density at radius 1 is 1.11 bits per heavy atom. The zero-order valence-corrected chi connectivity index (χ0v) is 11.3. The van der Waals surface area contributed by atoms with E-state index < -0.39 is 0 Å². The van der Waals surface area contributed by atoms with Crippen LogP contribution in [0.3, 0.4) is 0 Å². The summed E-state index contributed by atoms with van der Waals surface area (Å²) < 4.78 is 5.24. The summed E-state index contributed by atoms with van der Waals surface area (Å²) in [5, 5.41) is 2.40. The maximum Gasteiger partial charge on any atom is 0.293 e. The fraction of sp³-hybridized carbons (Fsp3) is 0.353.